The van der Waals surface area contributed by atoms with Crippen LogP contribution in [-0.2, 0) is 9.84 Å². The zero-order valence-corrected chi connectivity index (χ0v) is 14.2. The Labute approximate surface area is 125 Å². The Morgan fingerprint density at radius 3 is 2.10 bits per heavy atom. The summed E-state index contributed by atoms with van der Waals surface area (Å²) in [6, 6.07) is 0.594. The van der Waals surface area contributed by atoms with E-state index in [1.807, 2.05) is 0 Å². The fraction of sp³-hybridized carbons (Fsp3) is 1.00. The van der Waals surface area contributed by atoms with Crippen LogP contribution in [0, 0.1) is 5.92 Å². The Kier molecular flexibility index (Phi) is 8.78. The Bertz CT molecular complexity index is 330. The molecule has 0 saturated carbocycles. The van der Waals surface area contributed by atoms with Crippen molar-refractivity contribution in [2.24, 2.45) is 5.92 Å². The van der Waals surface area contributed by atoms with Crippen LogP contribution in [0.2, 0.25) is 0 Å². The van der Waals surface area contributed by atoms with E-state index in [-0.39, 0.29) is 0 Å². The SMILES string of the molecule is CCCCCC(CCCCC)NCC1CCS(=O)(=O)C1. The molecule has 0 aromatic rings. The van der Waals surface area contributed by atoms with Gasteiger partial charge >= 0.3 is 0 Å². The predicted molar refractivity (Wildman–Crippen MR) is 86.8 cm³/mol. The van der Waals surface area contributed by atoms with Crippen LogP contribution >= 0.6 is 0 Å². The minimum absolute atomic E-state index is 0.347. The lowest BCUT2D eigenvalue weighted by atomic mass is 10.0. The van der Waals surface area contributed by atoms with Crippen molar-refractivity contribution in [1.82, 2.24) is 5.32 Å². The number of unbranched alkanes of at least 4 members (excludes halogenated alkanes) is 4. The Morgan fingerprint density at radius 1 is 1.05 bits per heavy atom. The molecule has 3 nitrogen and oxygen atoms in total. The third kappa shape index (κ3) is 7.63. The Balaban J connectivity index is 2.27. The van der Waals surface area contributed by atoms with E-state index in [9.17, 15) is 8.42 Å². The van der Waals surface area contributed by atoms with Gasteiger partial charge in [-0.1, -0.05) is 52.4 Å². The van der Waals surface area contributed by atoms with Crippen molar-refractivity contribution in [3.05, 3.63) is 0 Å². The van der Waals surface area contributed by atoms with Gasteiger partial charge in [-0.05, 0) is 31.7 Å². The lowest BCUT2D eigenvalue weighted by Gasteiger charge is -2.20. The topological polar surface area (TPSA) is 46.2 Å². The van der Waals surface area contributed by atoms with Gasteiger partial charge in [0, 0.05) is 6.04 Å². The van der Waals surface area contributed by atoms with E-state index in [0.717, 1.165) is 13.0 Å². The highest BCUT2D eigenvalue weighted by Gasteiger charge is 2.27. The summed E-state index contributed by atoms with van der Waals surface area (Å²) in [6.07, 6.45) is 11.1. The van der Waals surface area contributed by atoms with E-state index in [1.165, 1.54) is 51.4 Å². The number of hydrogen-bond donors (Lipinski definition) is 1. The first-order valence-corrected chi connectivity index (χ1v) is 10.3. The molecule has 0 amide bonds. The van der Waals surface area contributed by atoms with Crippen LogP contribution in [0.15, 0.2) is 0 Å². The molecule has 1 fully saturated rings. The van der Waals surface area contributed by atoms with Gasteiger partial charge in [-0.3, -0.25) is 0 Å². The smallest absolute Gasteiger partial charge is 0.150 e. The molecule has 1 unspecified atom stereocenters. The van der Waals surface area contributed by atoms with Crippen molar-refractivity contribution >= 4 is 9.84 Å². The zero-order chi connectivity index (χ0) is 14.8. The molecule has 1 aliphatic heterocycles. The molecule has 1 N–H and O–H groups in total. The van der Waals surface area contributed by atoms with E-state index in [4.69, 9.17) is 0 Å². The summed E-state index contributed by atoms with van der Waals surface area (Å²) in [5, 5.41) is 3.65. The van der Waals surface area contributed by atoms with E-state index in [1.54, 1.807) is 0 Å². The summed E-state index contributed by atoms with van der Waals surface area (Å²) < 4.78 is 23.0. The van der Waals surface area contributed by atoms with Crippen LogP contribution in [0.1, 0.15) is 71.6 Å². The molecular formula is C16H33NO2S. The third-order valence-electron chi connectivity index (χ3n) is 4.33. The van der Waals surface area contributed by atoms with Crippen LogP contribution < -0.4 is 5.32 Å². The maximum absolute atomic E-state index is 11.5. The molecule has 20 heavy (non-hydrogen) atoms. The third-order valence-corrected chi connectivity index (χ3v) is 6.17. The Morgan fingerprint density at radius 2 is 1.65 bits per heavy atom. The lowest BCUT2D eigenvalue weighted by molar-refractivity contribution is 0.389. The molecule has 1 saturated heterocycles. The van der Waals surface area contributed by atoms with Crippen LogP contribution in [-0.4, -0.2) is 32.5 Å². The molecule has 120 valence electrons. The van der Waals surface area contributed by atoms with Crippen molar-refractivity contribution in [2.75, 3.05) is 18.1 Å². The number of rotatable bonds is 11. The molecular weight excluding hydrogens is 270 g/mol. The second-order valence-electron chi connectivity index (χ2n) is 6.37. The van der Waals surface area contributed by atoms with Gasteiger partial charge in [0.15, 0.2) is 9.84 Å². The molecule has 1 atom stereocenters. The van der Waals surface area contributed by atoms with Crippen LogP contribution in [0.3, 0.4) is 0 Å². The summed E-state index contributed by atoms with van der Waals surface area (Å²) in [5.74, 6) is 1.15. The monoisotopic (exact) mass is 303 g/mol. The first-order valence-electron chi connectivity index (χ1n) is 8.51. The van der Waals surface area contributed by atoms with Gasteiger partial charge in [0.05, 0.1) is 11.5 Å². The Hall–Kier alpha value is -0.0900. The van der Waals surface area contributed by atoms with Crippen LogP contribution in [0.25, 0.3) is 0 Å². The average molecular weight is 304 g/mol. The van der Waals surface area contributed by atoms with Gasteiger partial charge in [0.25, 0.3) is 0 Å². The zero-order valence-electron chi connectivity index (χ0n) is 13.4. The molecule has 0 spiro atoms. The quantitative estimate of drug-likeness (QED) is 0.594. The number of sulfone groups is 1. The fourth-order valence-electron chi connectivity index (χ4n) is 3.00. The van der Waals surface area contributed by atoms with Crippen LogP contribution in [0.5, 0.6) is 0 Å². The van der Waals surface area contributed by atoms with Crippen molar-refractivity contribution in [1.29, 1.82) is 0 Å². The minimum Gasteiger partial charge on any atom is -0.314 e. The lowest BCUT2D eigenvalue weighted by Crippen LogP contribution is -2.34. The predicted octanol–water partition coefficient (Wildman–Crippen LogP) is 3.54. The summed E-state index contributed by atoms with van der Waals surface area (Å²) in [7, 11) is -2.73. The molecule has 0 aliphatic carbocycles. The molecule has 0 bridgehead atoms. The molecule has 0 aromatic carbocycles. The van der Waals surface area contributed by atoms with Gasteiger partial charge < -0.3 is 5.32 Å². The van der Waals surface area contributed by atoms with E-state index in [0.29, 0.717) is 23.5 Å². The minimum atomic E-state index is -2.73. The standard InChI is InChI=1S/C16H33NO2S/c1-3-5-7-9-16(10-8-6-4-2)17-13-15-11-12-20(18,19)14-15/h15-17H,3-14H2,1-2H3. The van der Waals surface area contributed by atoms with E-state index in [2.05, 4.69) is 19.2 Å². The molecule has 1 heterocycles. The summed E-state index contributed by atoms with van der Waals surface area (Å²) in [5.41, 5.74) is 0. The van der Waals surface area contributed by atoms with E-state index < -0.39 is 9.84 Å². The maximum Gasteiger partial charge on any atom is 0.150 e. The van der Waals surface area contributed by atoms with Crippen molar-refractivity contribution in [2.45, 2.75) is 77.7 Å². The van der Waals surface area contributed by atoms with Gasteiger partial charge in [-0.15, -0.1) is 0 Å². The highest BCUT2D eigenvalue weighted by molar-refractivity contribution is 7.91. The normalized spacial score (nSPS) is 21.6. The molecule has 4 heteroatoms. The summed E-state index contributed by atoms with van der Waals surface area (Å²) in [4.78, 5) is 0. The number of nitrogens with one attached hydrogen (secondary N) is 1. The number of hydrogen-bond acceptors (Lipinski definition) is 3. The van der Waals surface area contributed by atoms with E-state index >= 15 is 0 Å². The van der Waals surface area contributed by atoms with Gasteiger partial charge in [0.2, 0.25) is 0 Å². The second kappa shape index (κ2) is 9.78. The maximum atomic E-state index is 11.5. The van der Waals surface area contributed by atoms with Gasteiger partial charge in [-0.25, -0.2) is 8.42 Å². The van der Waals surface area contributed by atoms with Gasteiger partial charge in [0.1, 0.15) is 0 Å². The molecule has 1 rings (SSSR count). The van der Waals surface area contributed by atoms with Gasteiger partial charge in [-0.2, -0.15) is 0 Å². The highest BCUT2D eigenvalue weighted by Crippen LogP contribution is 2.18. The summed E-state index contributed by atoms with van der Waals surface area (Å²) >= 11 is 0. The highest BCUT2D eigenvalue weighted by atomic mass is 32.2. The molecule has 0 aromatic heterocycles. The average Bonchev–Trinajstić information content (AvgIpc) is 2.75. The van der Waals surface area contributed by atoms with Crippen LogP contribution in [0.4, 0.5) is 0 Å². The second-order valence-corrected chi connectivity index (χ2v) is 8.59. The first kappa shape index (κ1) is 18.0. The van der Waals surface area contributed by atoms with Crippen molar-refractivity contribution < 1.29 is 8.42 Å². The molecule has 0 radical (unpaired) electrons. The molecule has 1 aliphatic rings. The fourth-order valence-corrected chi connectivity index (χ4v) is 4.86. The largest absolute Gasteiger partial charge is 0.314 e. The first-order chi connectivity index (χ1) is 9.57. The summed E-state index contributed by atoms with van der Waals surface area (Å²) in [6.45, 7) is 5.37. The van der Waals surface area contributed by atoms with Crippen molar-refractivity contribution in [3.8, 4) is 0 Å². The van der Waals surface area contributed by atoms with Crippen molar-refractivity contribution in [3.63, 3.8) is 0 Å².